The summed E-state index contributed by atoms with van der Waals surface area (Å²) in [6.45, 7) is 3.13. The number of nitrogens with zero attached hydrogens (tertiary/aromatic N) is 2. The smallest absolute Gasteiger partial charge is 0.279 e. The second-order valence-electron chi connectivity index (χ2n) is 5.38. The van der Waals surface area contributed by atoms with Gasteiger partial charge in [0.1, 0.15) is 5.82 Å². The number of ether oxygens (including phenoxy) is 1. The van der Waals surface area contributed by atoms with Gasteiger partial charge in [0.15, 0.2) is 4.80 Å². The highest BCUT2D eigenvalue weighted by atomic mass is 32.1. The largest absolute Gasteiger partial charge is 0.383 e. The van der Waals surface area contributed by atoms with E-state index >= 15 is 0 Å². The molecule has 0 N–H and O–H groups in total. The lowest BCUT2D eigenvalue weighted by molar-refractivity contribution is 0.0997. The van der Waals surface area contributed by atoms with Crippen LogP contribution < -0.4 is 4.80 Å². The molecule has 2 aromatic carbocycles. The van der Waals surface area contributed by atoms with Gasteiger partial charge < -0.3 is 9.30 Å². The molecular weight excluding hydrogens is 327 g/mol. The number of benzene rings is 2. The topological polar surface area (TPSA) is 43.6 Å². The van der Waals surface area contributed by atoms with E-state index in [2.05, 4.69) is 4.99 Å². The molecule has 4 nitrogen and oxygen atoms in total. The Balaban J connectivity index is 2.14. The van der Waals surface area contributed by atoms with Crippen molar-refractivity contribution < 1.29 is 13.9 Å². The van der Waals surface area contributed by atoms with Crippen LogP contribution >= 0.6 is 11.3 Å². The van der Waals surface area contributed by atoms with Gasteiger partial charge in [0.2, 0.25) is 0 Å². The Morgan fingerprint density at radius 3 is 2.83 bits per heavy atom. The lowest BCUT2D eigenvalue weighted by Crippen LogP contribution is -2.19. The molecule has 1 aromatic heterocycles. The van der Waals surface area contributed by atoms with Crippen LogP contribution in [0.4, 0.5) is 4.39 Å². The van der Waals surface area contributed by atoms with Gasteiger partial charge in [-0.2, -0.15) is 4.99 Å². The van der Waals surface area contributed by atoms with Gasteiger partial charge in [0.05, 0.1) is 16.8 Å². The van der Waals surface area contributed by atoms with Gasteiger partial charge in [0.25, 0.3) is 5.91 Å². The highest BCUT2D eigenvalue weighted by molar-refractivity contribution is 7.16. The Bertz CT molecular complexity index is 959. The number of amides is 1. The Morgan fingerprint density at radius 2 is 2.08 bits per heavy atom. The molecule has 1 heterocycles. The maximum Gasteiger partial charge on any atom is 0.279 e. The van der Waals surface area contributed by atoms with Gasteiger partial charge >= 0.3 is 0 Å². The summed E-state index contributed by atoms with van der Waals surface area (Å²) in [4.78, 5) is 17.2. The summed E-state index contributed by atoms with van der Waals surface area (Å²) < 4.78 is 21.5. The lowest BCUT2D eigenvalue weighted by Gasteiger charge is -2.06. The minimum Gasteiger partial charge on any atom is -0.383 e. The summed E-state index contributed by atoms with van der Waals surface area (Å²) >= 11 is 1.44. The quantitative estimate of drug-likeness (QED) is 0.727. The maximum atomic E-state index is 13.3. The molecule has 3 rings (SSSR count). The van der Waals surface area contributed by atoms with Crippen molar-refractivity contribution in [2.24, 2.45) is 4.99 Å². The van der Waals surface area contributed by atoms with Crippen LogP contribution in [0.3, 0.4) is 0 Å². The number of rotatable bonds is 4. The molecule has 124 valence electrons. The van der Waals surface area contributed by atoms with Gasteiger partial charge in [0, 0.05) is 19.2 Å². The fraction of sp³-hybridized carbons (Fsp3) is 0.222. The van der Waals surface area contributed by atoms with Crippen molar-refractivity contribution in [3.63, 3.8) is 0 Å². The first-order valence-corrected chi connectivity index (χ1v) is 8.34. The number of thiazole rings is 1. The molecule has 0 fully saturated rings. The minimum absolute atomic E-state index is 0.238. The highest BCUT2D eigenvalue weighted by Gasteiger charge is 2.11. The molecular formula is C18H17FN2O2S. The number of aromatic nitrogens is 1. The van der Waals surface area contributed by atoms with Crippen LogP contribution in [0.1, 0.15) is 15.9 Å². The number of carbonyl (C=O) groups excluding carboxylic acids is 1. The molecule has 0 unspecified atom stereocenters. The number of carbonyl (C=O) groups is 1. The van der Waals surface area contributed by atoms with Crippen molar-refractivity contribution in [1.82, 2.24) is 4.57 Å². The third-order valence-electron chi connectivity index (χ3n) is 3.69. The van der Waals surface area contributed by atoms with Gasteiger partial charge in [-0.3, -0.25) is 4.79 Å². The first-order chi connectivity index (χ1) is 11.6. The zero-order chi connectivity index (χ0) is 17.1. The molecule has 0 aliphatic carbocycles. The van der Waals surface area contributed by atoms with E-state index in [0.29, 0.717) is 18.0 Å². The SMILES string of the molecule is COCCn1c(=NC(=O)c2cccc(F)c2)sc2cccc(C)c21. The summed E-state index contributed by atoms with van der Waals surface area (Å²) in [6.07, 6.45) is 0. The maximum absolute atomic E-state index is 13.3. The molecule has 0 aliphatic heterocycles. The van der Waals surface area contributed by atoms with Gasteiger partial charge in [-0.15, -0.1) is 0 Å². The predicted molar refractivity (Wildman–Crippen MR) is 92.7 cm³/mol. The van der Waals surface area contributed by atoms with E-state index in [-0.39, 0.29) is 5.56 Å². The van der Waals surface area contributed by atoms with E-state index in [0.717, 1.165) is 15.8 Å². The van der Waals surface area contributed by atoms with Crippen LogP contribution in [0.5, 0.6) is 0 Å². The molecule has 0 saturated carbocycles. The monoisotopic (exact) mass is 344 g/mol. The van der Waals surface area contributed by atoms with Crippen molar-refractivity contribution in [3.8, 4) is 0 Å². The molecule has 0 saturated heterocycles. The van der Waals surface area contributed by atoms with Crippen LogP contribution in [-0.4, -0.2) is 24.2 Å². The van der Waals surface area contributed by atoms with Gasteiger partial charge in [-0.1, -0.05) is 29.5 Å². The number of hydrogen-bond donors (Lipinski definition) is 0. The van der Waals surface area contributed by atoms with Crippen LogP contribution in [0.15, 0.2) is 47.5 Å². The first-order valence-electron chi connectivity index (χ1n) is 7.52. The molecule has 0 aliphatic rings. The number of halogens is 1. The Hall–Kier alpha value is -2.31. The highest BCUT2D eigenvalue weighted by Crippen LogP contribution is 2.21. The van der Waals surface area contributed by atoms with E-state index in [1.807, 2.05) is 29.7 Å². The number of hydrogen-bond acceptors (Lipinski definition) is 3. The third-order valence-corrected chi connectivity index (χ3v) is 4.73. The van der Waals surface area contributed by atoms with Crippen molar-refractivity contribution in [1.29, 1.82) is 0 Å². The molecule has 6 heteroatoms. The number of methoxy groups -OCH3 is 1. The molecule has 0 atom stereocenters. The second-order valence-corrected chi connectivity index (χ2v) is 6.39. The number of para-hydroxylation sites is 1. The predicted octanol–water partition coefficient (Wildman–Crippen LogP) is 3.54. The van der Waals surface area contributed by atoms with Crippen molar-refractivity contribution >= 4 is 27.5 Å². The fourth-order valence-corrected chi connectivity index (χ4v) is 3.69. The molecule has 1 amide bonds. The zero-order valence-electron chi connectivity index (χ0n) is 13.5. The Kier molecular flexibility index (Phi) is 4.87. The van der Waals surface area contributed by atoms with E-state index in [4.69, 9.17) is 4.74 Å². The lowest BCUT2D eigenvalue weighted by atomic mass is 10.2. The van der Waals surface area contributed by atoms with E-state index in [1.165, 1.54) is 29.5 Å². The van der Waals surface area contributed by atoms with E-state index in [1.54, 1.807) is 13.2 Å². The third kappa shape index (κ3) is 3.29. The fourth-order valence-electron chi connectivity index (χ4n) is 2.56. The normalized spacial score (nSPS) is 12.0. The number of fused-ring (bicyclic) bond motifs is 1. The average molecular weight is 344 g/mol. The van der Waals surface area contributed by atoms with Gasteiger partial charge in [-0.25, -0.2) is 4.39 Å². The summed E-state index contributed by atoms with van der Waals surface area (Å²) in [7, 11) is 1.64. The molecule has 24 heavy (non-hydrogen) atoms. The standard InChI is InChI=1S/C18H17FN2O2S/c1-12-5-3-8-15-16(12)21(9-10-23-2)18(24-15)20-17(22)13-6-4-7-14(19)11-13/h3-8,11H,9-10H2,1-2H3. The van der Waals surface area contributed by atoms with Crippen molar-refractivity contribution in [3.05, 3.63) is 64.2 Å². The molecule has 0 bridgehead atoms. The number of aryl methyl sites for hydroxylation is 1. The van der Waals surface area contributed by atoms with Crippen LogP contribution in [0.25, 0.3) is 10.2 Å². The zero-order valence-corrected chi connectivity index (χ0v) is 14.3. The minimum atomic E-state index is -0.454. The summed E-state index contributed by atoms with van der Waals surface area (Å²) in [5, 5.41) is 0. The second kappa shape index (κ2) is 7.07. The van der Waals surface area contributed by atoms with Gasteiger partial charge in [-0.05, 0) is 36.8 Å². The summed E-state index contributed by atoms with van der Waals surface area (Å²) in [6, 6.07) is 11.6. The summed E-state index contributed by atoms with van der Waals surface area (Å²) in [5.74, 6) is -0.902. The van der Waals surface area contributed by atoms with Crippen molar-refractivity contribution in [2.75, 3.05) is 13.7 Å². The summed E-state index contributed by atoms with van der Waals surface area (Å²) in [5.41, 5.74) is 2.40. The van der Waals surface area contributed by atoms with Crippen LogP contribution in [-0.2, 0) is 11.3 Å². The van der Waals surface area contributed by atoms with E-state index < -0.39 is 11.7 Å². The molecule has 0 radical (unpaired) electrons. The first kappa shape index (κ1) is 16.5. The van der Waals surface area contributed by atoms with Crippen LogP contribution in [0, 0.1) is 12.7 Å². The van der Waals surface area contributed by atoms with Crippen LogP contribution in [0.2, 0.25) is 0 Å². The average Bonchev–Trinajstić information content (AvgIpc) is 2.91. The Labute approximate surface area is 142 Å². The Morgan fingerprint density at radius 1 is 1.29 bits per heavy atom. The molecule has 0 spiro atoms. The molecule has 3 aromatic rings. The van der Waals surface area contributed by atoms with Crippen molar-refractivity contribution in [2.45, 2.75) is 13.5 Å². The van der Waals surface area contributed by atoms with E-state index in [9.17, 15) is 9.18 Å².